The Hall–Kier alpha value is -0.860. The van der Waals surface area contributed by atoms with Gasteiger partial charge in [0.2, 0.25) is 0 Å². The molecule has 82 valence electrons. The van der Waals surface area contributed by atoms with E-state index in [-0.39, 0.29) is 12.4 Å². The maximum atomic E-state index is 11.7. The van der Waals surface area contributed by atoms with E-state index in [0.717, 1.165) is 12.1 Å². The molecule has 1 aliphatic heterocycles. The van der Waals surface area contributed by atoms with E-state index >= 15 is 0 Å². The molecular formula is C12H16ClNO. The molecule has 1 atom stereocenters. The zero-order valence-corrected chi connectivity index (χ0v) is 9.86. The number of aryl methyl sites for hydroxylation is 1. The first kappa shape index (κ1) is 12.2. The summed E-state index contributed by atoms with van der Waals surface area (Å²) in [4.78, 5) is 11.7. The number of carbonyl (C=O) groups is 1. The summed E-state index contributed by atoms with van der Waals surface area (Å²) in [6.07, 6.45) is 0.643. The molecule has 1 unspecified atom stereocenters. The fourth-order valence-electron chi connectivity index (χ4n) is 1.92. The lowest BCUT2D eigenvalue weighted by Crippen LogP contribution is -2.38. The molecule has 0 aromatic heterocycles. The van der Waals surface area contributed by atoms with Crippen LogP contribution >= 0.6 is 12.4 Å². The van der Waals surface area contributed by atoms with Crippen LogP contribution in [0.5, 0.6) is 0 Å². The van der Waals surface area contributed by atoms with E-state index in [0.29, 0.717) is 12.2 Å². The summed E-state index contributed by atoms with van der Waals surface area (Å²) in [6, 6.07) is 8.17. The predicted molar refractivity (Wildman–Crippen MR) is 63.4 cm³/mol. The third-order valence-corrected chi connectivity index (χ3v) is 3.02. The Balaban J connectivity index is 0.00000112. The first-order valence-corrected chi connectivity index (χ1v) is 4.98. The molecule has 0 saturated carbocycles. The molecular weight excluding hydrogens is 210 g/mol. The smallest absolute Gasteiger partial charge is 0.158 e. The van der Waals surface area contributed by atoms with Gasteiger partial charge in [-0.05, 0) is 19.4 Å². The summed E-state index contributed by atoms with van der Waals surface area (Å²) in [7, 11) is 0. The minimum atomic E-state index is -0.451. The summed E-state index contributed by atoms with van der Waals surface area (Å²) >= 11 is 0. The molecule has 1 heterocycles. The molecule has 1 aliphatic rings. The molecule has 1 saturated heterocycles. The topological polar surface area (TPSA) is 29.1 Å². The van der Waals surface area contributed by atoms with Crippen molar-refractivity contribution in [3.05, 3.63) is 35.4 Å². The van der Waals surface area contributed by atoms with Gasteiger partial charge in [-0.2, -0.15) is 0 Å². The van der Waals surface area contributed by atoms with Gasteiger partial charge in [-0.3, -0.25) is 4.79 Å². The van der Waals surface area contributed by atoms with E-state index in [2.05, 4.69) is 12.2 Å². The minimum Gasteiger partial charge on any atom is -0.301 e. The molecule has 0 spiro atoms. The van der Waals surface area contributed by atoms with Crippen LogP contribution < -0.4 is 5.32 Å². The minimum absolute atomic E-state index is 0. The number of benzene rings is 1. The summed E-state index contributed by atoms with van der Waals surface area (Å²) in [5, 5.41) is 3.27. The number of nitrogens with one attached hydrogen (secondary N) is 1. The van der Waals surface area contributed by atoms with Crippen molar-refractivity contribution in [2.24, 2.45) is 0 Å². The Bertz CT molecular complexity index is 360. The summed E-state index contributed by atoms with van der Waals surface area (Å²) < 4.78 is 0. The Morgan fingerprint density at radius 2 is 1.87 bits per heavy atom. The largest absolute Gasteiger partial charge is 0.301 e. The lowest BCUT2D eigenvalue weighted by molar-refractivity contribution is -0.122. The average Bonchev–Trinajstić information content (AvgIpc) is 2.49. The summed E-state index contributed by atoms with van der Waals surface area (Å²) in [5.74, 6) is 0.293. The van der Waals surface area contributed by atoms with Crippen LogP contribution in [0, 0.1) is 6.92 Å². The molecule has 1 aromatic rings. The Morgan fingerprint density at radius 3 is 2.33 bits per heavy atom. The molecule has 15 heavy (non-hydrogen) atoms. The molecule has 3 heteroatoms. The van der Waals surface area contributed by atoms with Gasteiger partial charge < -0.3 is 5.32 Å². The second-order valence-electron chi connectivity index (χ2n) is 4.09. The standard InChI is InChI=1S/C12H15NO.ClH/c1-9-3-5-10(6-4-9)12(2)11(14)7-8-13-12;/h3-6,13H,7-8H2,1-2H3;1H. The first-order valence-electron chi connectivity index (χ1n) is 4.98. The van der Waals surface area contributed by atoms with Crippen LogP contribution in [0.1, 0.15) is 24.5 Å². The fraction of sp³-hybridized carbons (Fsp3) is 0.417. The number of rotatable bonds is 1. The van der Waals surface area contributed by atoms with Crippen LogP contribution in [-0.4, -0.2) is 12.3 Å². The number of ketones is 1. The highest BCUT2D eigenvalue weighted by Crippen LogP contribution is 2.27. The van der Waals surface area contributed by atoms with Crippen LogP contribution in [0.3, 0.4) is 0 Å². The molecule has 0 aliphatic carbocycles. The van der Waals surface area contributed by atoms with Crippen LogP contribution in [0.25, 0.3) is 0 Å². The summed E-state index contributed by atoms with van der Waals surface area (Å²) in [6.45, 7) is 4.81. The average molecular weight is 226 g/mol. The van der Waals surface area contributed by atoms with Crippen molar-refractivity contribution in [1.29, 1.82) is 0 Å². The molecule has 1 N–H and O–H groups in total. The highest BCUT2D eigenvalue weighted by molar-refractivity contribution is 5.91. The van der Waals surface area contributed by atoms with Crippen molar-refractivity contribution in [3.63, 3.8) is 0 Å². The Morgan fingerprint density at radius 1 is 1.27 bits per heavy atom. The van der Waals surface area contributed by atoms with Gasteiger partial charge in [-0.1, -0.05) is 29.8 Å². The number of hydrogen-bond donors (Lipinski definition) is 1. The van der Waals surface area contributed by atoms with Gasteiger partial charge in [0.15, 0.2) is 5.78 Å². The zero-order valence-electron chi connectivity index (χ0n) is 9.04. The lowest BCUT2D eigenvalue weighted by Gasteiger charge is -2.23. The van der Waals surface area contributed by atoms with Gasteiger partial charge >= 0.3 is 0 Å². The van der Waals surface area contributed by atoms with Crippen molar-refractivity contribution in [2.75, 3.05) is 6.54 Å². The number of halogens is 1. The van der Waals surface area contributed by atoms with Crippen LogP contribution in [-0.2, 0) is 10.3 Å². The van der Waals surface area contributed by atoms with Gasteiger partial charge in [0, 0.05) is 13.0 Å². The van der Waals surface area contributed by atoms with Crippen molar-refractivity contribution in [1.82, 2.24) is 5.32 Å². The number of carbonyl (C=O) groups excluding carboxylic acids is 1. The van der Waals surface area contributed by atoms with E-state index in [4.69, 9.17) is 0 Å². The molecule has 1 aromatic carbocycles. The third-order valence-electron chi connectivity index (χ3n) is 3.02. The first-order chi connectivity index (χ1) is 6.63. The molecule has 0 radical (unpaired) electrons. The van der Waals surface area contributed by atoms with Gasteiger partial charge in [0.05, 0.1) is 0 Å². The van der Waals surface area contributed by atoms with Crippen molar-refractivity contribution in [2.45, 2.75) is 25.8 Å². The molecule has 1 fully saturated rings. The predicted octanol–water partition coefficient (Wildman–Crippen LogP) is 2.19. The van der Waals surface area contributed by atoms with Crippen LogP contribution in [0.4, 0.5) is 0 Å². The van der Waals surface area contributed by atoms with E-state index < -0.39 is 5.54 Å². The molecule has 0 bridgehead atoms. The van der Waals surface area contributed by atoms with Gasteiger partial charge in [0.25, 0.3) is 0 Å². The van der Waals surface area contributed by atoms with Crippen LogP contribution in [0.15, 0.2) is 24.3 Å². The SMILES string of the molecule is Cc1ccc(C2(C)NCCC2=O)cc1.Cl. The van der Waals surface area contributed by atoms with E-state index in [1.54, 1.807) is 0 Å². The normalized spacial score (nSPS) is 25.1. The quantitative estimate of drug-likeness (QED) is 0.794. The van der Waals surface area contributed by atoms with Gasteiger partial charge in [-0.25, -0.2) is 0 Å². The molecule has 2 rings (SSSR count). The maximum Gasteiger partial charge on any atom is 0.158 e. The van der Waals surface area contributed by atoms with Crippen molar-refractivity contribution >= 4 is 18.2 Å². The van der Waals surface area contributed by atoms with E-state index in [1.807, 2.05) is 31.2 Å². The fourth-order valence-corrected chi connectivity index (χ4v) is 1.92. The van der Waals surface area contributed by atoms with E-state index in [1.165, 1.54) is 5.56 Å². The van der Waals surface area contributed by atoms with E-state index in [9.17, 15) is 4.79 Å². The number of hydrogen-bond acceptors (Lipinski definition) is 2. The zero-order chi connectivity index (χ0) is 10.2. The number of Topliss-reactive ketones (excluding diaryl/α,β-unsaturated/α-hetero) is 1. The monoisotopic (exact) mass is 225 g/mol. The Labute approximate surface area is 96.5 Å². The third kappa shape index (κ3) is 2.06. The van der Waals surface area contributed by atoms with Crippen LogP contribution in [0.2, 0.25) is 0 Å². The highest BCUT2D eigenvalue weighted by Gasteiger charge is 2.38. The van der Waals surface area contributed by atoms with Gasteiger partial charge in [-0.15, -0.1) is 12.4 Å². The summed E-state index contributed by atoms with van der Waals surface area (Å²) in [5.41, 5.74) is 1.85. The molecule has 2 nitrogen and oxygen atoms in total. The van der Waals surface area contributed by atoms with Crippen molar-refractivity contribution < 1.29 is 4.79 Å². The highest BCUT2D eigenvalue weighted by atomic mass is 35.5. The second-order valence-corrected chi connectivity index (χ2v) is 4.09. The van der Waals surface area contributed by atoms with Crippen molar-refractivity contribution in [3.8, 4) is 0 Å². The lowest BCUT2D eigenvalue weighted by atomic mass is 9.89. The van der Waals surface area contributed by atoms with Gasteiger partial charge in [0.1, 0.15) is 5.54 Å². The molecule has 0 amide bonds. The second kappa shape index (κ2) is 4.33. The Kier molecular flexibility index (Phi) is 3.53. The maximum absolute atomic E-state index is 11.7.